The Labute approximate surface area is 126 Å². The monoisotopic (exact) mass is 314 g/mol. The molecule has 1 aromatic heterocycles. The molecule has 1 rings (SSSR count). The predicted molar refractivity (Wildman–Crippen MR) is 77.6 cm³/mol. The van der Waals surface area contributed by atoms with Crippen LogP contribution in [-0.4, -0.2) is 46.2 Å². The average Bonchev–Trinajstić information content (AvgIpc) is 2.66. The maximum Gasteiger partial charge on any atom is 0.323 e. The van der Waals surface area contributed by atoms with Crippen molar-refractivity contribution in [3.05, 3.63) is 21.4 Å². The van der Waals surface area contributed by atoms with Crippen molar-refractivity contribution in [2.75, 3.05) is 13.1 Å². The van der Waals surface area contributed by atoms with E-state index >= 15 is 0 Å². The Bertz CT molecular complexity index is 539. The highest BCUT2D eigenvalue weighted by molar-refractivity contribution is 7.12. The largest absolute Gasteiger partial charge is 0.480 e. The third kappa shape index (κ3) is 5.07. The van der Waals surface area contributed by atoms with Crippen molar-refractivity contribution in [3.8, 4) is 0 Å². The first kappa shape index (κ1) is 17.0. The molecule has 1 unspecified atom stereocenters. The lowest BCUT2D eigenvalue weighted by Crippen LogP contribution is -2.46. The highest BCUT2D eigenvalue weighted by Crippen LogP contribution is 2.26. The first-order valence-electron chi connectivity index (χ1n) is 6.26. The van der Waals surface area contributed by atoms with Gasteiger partial charge in [0.25, 0.3) is 0 Å². The number of amides is 2. The minimum atomic E-state index is -1.26. The molecule has 0 bridgehead atoms. The topological polar surface area (TPSA) is 107 Å². The maximum atomic E-state index is 12.0. The van der Waals surface area contributed by atoms with Crippen molar-refractivity contribution < 1.29 is 24.6 Å². The van der Waals surface area contributed by atoms with Gasteiger partial charge in [0.05, 0.1) is 6.04 Å². The number of carbonyl (C=O) groups excluding carboxylic acids is 1. The summed E-state index contributed by atoms with van der Waals surface area (Å²) in [5.74, 6) is -2.52. The Morgan fingerprint density at radius 3 is 2.14 bits per heavy atom. The molecule has 116 valence electrons. The normalized spacial score (nSPS) is 11.8. The zero-order valence-electron chi connectivity index (χ0n) is 12.0. The second kappa shape index (κ2) is 7.07. The molecule has 0 aromatic carbocycles. The Kier molecular flexibility index (Phi) is 5.71. The molecule has 1 aromatic rings. The first-order chi connectivity index (χ1) is 9.70. The van der Waals surface area contributed by atoms with Crippen LogP contribution in [0.3, 0.4) is 0 Å². The van der Waals surface area contributed by atoms with E-state index < -0.39 is 31.1 Å². The predicted octanol–water partition coefficient (Wildman–Crippen LogP) is 1.61. The van der Waals surface area contributed by atoms with Gasteiger partial charge in [0, 0.05) is 9.75 Å². The number of thiophene rings is 1. The Balaban J connectivity index is 2.78. The molecule has 0 aliphatic carbocycles. The number of nitrogens with zero attached hydrogens (tertiary/aromatic N) is 1. The van der Waals surface area contributed by atoms with E-state index in [1.54, 1.807) is 18.3 Å². The number of hydrogen-bond donors (Lipinski definition) is 3. The summed E-state index contributed by atoms with van der Waals surface area (Å²) in [7, 11) is 0. The van der Waals surface area contributed by atoms with Crippen LogP contribution >= 0.6 is 11.3 Å². The average molecular weight is 314 g/mol. The fourth-order valence-electron chi connectivity index (χ4n) is 1.96. The smallest absolute Gasteiger partial charge is 0.323 e. The van der Waals surface area contributed by atoms with Crippen molar-refractivity contribution in [2.45, 2.75) is 26.8 Å². The van der Waals surface area contributed by atoms with Crippen LogP contribution in [-0.2, 0) is 9.59 Å². The van der Waals surface area contributed by atoms with Gasteiger partial charge in [-0.15, -0.1) is 11.3 Å². The van der Waals surface area contributed by atoms with Crippen LogP contribution in [0.2, 0.25) is 0 Å². The number of urea groups is 1. The van der Waals surface area contributed by atoms with Crippen LogP contribution in [0, 0.1) is 13.8 Å². The minimum absolute atomic E-state index is 0.326. The van der Waals surface area contributed by atoms with Gasteiger partial charge in [-0.05, 0) is 32.4 Å². The summed E-state index contributed by atoms with van der Waals surface area (Å²) in [4.78, 5) is 36.3. The van der Waals surface area contributed by atoms with Gasteiger partial charge in [-0.2, -0.15) is 0 Å². The standard InChI is InChI=1S/C13H18N2O5S/c1-7-4-10(9(3)21-7)8(2)14-13(20)15(5-11(16)17)6-12(18)19/h4,8H,5-6H2,1-3H3,(H,14,20)(H,16,17)(H,18,19). The van der Waals surface area contributed by atoms with Crippen LogP contribution in [0.5, 0.6) is 0 Å². The number of hydrogen-bond acceptors (Lipinski definition) is 4. The molecular weight excluding hydrogens is 296 g/mol. The molecule has 2 amide bonds. The summed E-state index contributed by atoms with van der Waals surface area (Å²) in [5, 5.41) is 20.1. The van der Waals surface area contributed by atoms with Gasteiger partial charge < -0.3 is 20.4 Å². The Morgan fingerprint density at radius 2 is 1.76 bits per heavy atom. The SMILES string of the molecule is Cc1cc(C(C)NC(=O)N(CC(=O)O)CC(=O)O)c(C)s1. The molecule has 8 heteroatoms. The number of aryl methyl sites for hydroxylation is 2. The van der Waals surface area contributed by atoms with Crippen LogP contribution in [0.4, 0.5) is 4.79 Å². The number of carboxylic acids is 2. The van der Waals surface area contributed by atoms with E-state index in [-0.39, 0.29) is 6.04 Å². The van der Waals surface area contributed by atoms with E-state index in [0.717, 1.165) is 20.2 Å². The minimum Gasteiger partial charge on any atom is -0.480 e. The fourth-order valence-corrected chi connectivity index (χ4v) is 2.98. The van der Waals surface area contributed by atoms with Gasteiger partial charge in [-0.3, -0.25) is 9.59 Å². The molecular formula is C13H18N2O5S. The first-order valence-corrected chi connectivity index (χ1v) is 7.08. The summed E-state index contributed by atoms with van der Waals surface area (Å²) in [5.41, 5.74) is 0.941. The second-order valence-corrected chi connectivity index (χ2v) is 6.14. The molecule has 0 aliphatic rings. The number of nitrogens with one attached hydrogen (secondary N) is 1. The van der Waals surface area contributed by atoms with E-state index in [1.165, 1.54) is 0 Å². The summed E-state index contributed by atoms with van der Waals surface area (Å²) < 4.78 is 0. The molecule has 0 saturated carbocycles. The van der Waals surface area contributed by atoms with Crippen LogP contribution in [0.15, 0.2) is 6.07 Å². The quantitative estimate of drug-likeness (QED) is 0.739. The molecule has 0 radical (unpaired) electrons. The van der Waals surface area contributed by atoms with Gasteiger partial charge in [-0.25, -0.2) is 4.79 Å². The van der Waals surface area contributed by atoms with E-state index in [4.69, 9.17) is 10.2 Å². The van der Waals surface area contributed by atoms with Crippen molar-refractivity contribution in [3.63, 3.8) is 0 Å². The lowest BCUT2D eigenvalue weighted by atomic mass is 10.1. The van der Waals surface area contributed by atoms with Gasteiger partial charge in [0.1, 0.15) is 13.1 Å². The molecule has 0 aliphatic heterocycles. The molecule has 0 fully saturated rings. The van der Waals surface area contributed by atoms with Crippen LogP contribution in [0.1, 0.15) is 28.3 Å². The van der Waals surface area contributed by atoms with E-state index in [2.05, 4.69) is 5.32 Å². The van der Waals surface area contributed by atoms with Crippen LogP contribution < -0.4 is 5.32 Å². The van der Waals surface area contributed by atoms with E-state index in [0.29, 0.717) is 0 Å². The highest BCUT2D eigenvalue weighted by Gasteiger charge is 2.22. The third-order valence-electron chi connectivity index (χ3n) is 2.83. The fraction of sp³-hybridized carbons (Fsp3) is 0.462. The van der Waals surface area contributed by atoms with E-state index in [9.17, 15) is 14.4 Å². The van der Waals surface area contributed by atoms with Gasteiger partial charge in [-0.1, -0.05) is 0 Å². The zero-order valence-corrected chi connectivity index (χ0v) is 12.9. The maximum absolute atomic E-state index is 12.0. The summed E-state index contributed by atoms with van der Waals surface area (Å²) in [6, 6.07) is 0.909. The number of carboxylic acid groups (broad SMARTS) is 2. The van der Waals surface area contributed by atoms with Crippen molar-refractivity contribution in [1.29, 1.82) is 0 Å². The molecule has 7 nitrogen and oxygen atoms in total. The Hall–Kier alpha value is -2.09. The van der Waals surface area contributed by atoms with Gasteiger partial charge >= 0.3 is 18.0 Å². The number of aliphatic carboxylic acids is 2. The summed E-state index contributed by atoms with van der Waals surface area (Å²) in [6.07, 6.45) is 0. The van der Waals surface area contributed by atoms with Crippen LogP contribution in [0.25, 0.3) is 0 Å². The summed E-state index contributed by atoms with van der Waals surface area (Å²) in [6.45, 7) is 4.34. The van der Waals surface area contributed by atoms with Crippen molar-refractivity contribution in [2.24, 2.45) is 0 Å². The lowest BCUT2D eigenvalue weighted by Gasteiger charge is -2.22. The number of rotatable bonds is 6. The van der Waals surface area contributed by atoms with Crippen molar-refractivity contribution in [1.82, 2.24) is 10.2 Å². The zero-order chi connectivity index (χ0) is 16.2. The van der Waals surface area contributed by atoms with Gasteiger partial charge in [0.15, 0.2) is 0 Å². The second-order valence-electron chi connectivity index (χ2n) is 4.68. The van der Waals surface area contributed by atoms with Crippen molar-refractivity contribution >= 4 is 29.3 Å². The Morgan fingerprint density at radius 1 is 1.24 bits per heavy atom. The molecule has 3 N–H and O–H groups in total. The molecule has 1 atom stereocenters. The molecule has 1 heterocycles. The van der Waals surface area contributed by atoms with E-state index in [1.807, 2.05) is 19.9 Å². The molecule has 21 heavy (non-hydrogen) atoms. The lowest BCUT2D eigenvalue weighted by molar-refractivity contribution is -0.140. The molecule has 0 saturated heterocycles. The number of carbonyl (C=O) groups is 3. The third-order valence-corrected chi connectivity index (χ3v) is 3.81. The highest BCUT2D eigenvalue weighted by atomic mass is 32.1. The summed E-state index contributed by atoms with van der Waals surface area (Å²) >= 11 is 1.60. The van der Waals surface area contributed by atoms with Gasteiger partial charge in [0.2, 0.25) is 0 Å². The molecule has 0 spiro atoms.